The number of benzene rings is 1. The van der Waals surface area contributed by atoms with E-state index in [4.69, 9.17) is 24.7 Å². The summed E-state index contributed by atoms with van der Waals surface area (Å²) in [6.45, 7) is 3.29. The van der Waals surface area contributed by atoms with Crippen LogP contribution in [0, 0.1) is 0 Å². The second kappa shape index (κ2) is 9.66. The number of methoxy groups -OCH3 is 3. The molecular weight excluding hydrogens is 413 g/mol. The van der Waals surface area contributed by atoms with Gasteiger partial charge in [0.1, 0.15) is 0 Å². The highest BCUT2D eigenvalue weighted by atomic mass is 127. The van der Waals surface area contributed by atoms with E-state index in [-0.39, 0.29) is 24.0 Å². The van der Waals surface area contributed by atoms with Gasteiger partial charge in [0.05, 0.1) is 41.1 Å². The zero-order valence-corrected chi connectivity index (χ0v) is 16.0. The zero-order valence-electron chi connectivity index (χ0n) is 13.7. The van der Waals surface area contributed by atoms with Crippen LogP contribution in [0.25, 0.3) is 0 Å². The van der Waals surface area contributed by atoms with Crippen molar-refractivity contribution >= 4 is 29.9 Å². The molecule has 2 rings (SSSR count). The predicted octanol–water partition coefficient (Wildman–Crippen LogP) is 1.48. The van der Waals surface area contributed by atoms with Gasteiger partial charge in [0.25, 0.3) is 0 Å². The van der Waals surface area contributed by atoms with Gasteiger partial charge in [-0.05, 0) is 12.1 Å². The van der Waals surface area contributed by atoms with Gasteiger partial charge in [-0.15, -0.1) is 24.0 Å². The molecule has 1 fully saturated rings. The molecule has 1 aromatic rings. The average Bonchev–Trinajstić information content (AvgIpc) is 2.59. The van der Waals surface area contributed by atoms with E-state index in [1.54, 1.807) is 21.3 Å². The molecule has 0 aliphatic carbocycles. The first-order chi connectivity index (χ1) is 10.7. The van der Waals surface area contributed by atoms with Crippen molar-refractivity contribution in [2.24, 2.45) is 10.7 Å². The summed E-state index contributed by atoms with van der Waals surface area (Å²) >= 11 is 0. The third-order valence-electron chi connectivity index (χ3n) is 3.53. The maximum Gasteiger partial charge on any atom is 0.203 e. The minimum Gasteiger partial charge on any atom is -0.493 e. The highest BCUT2D eigenvalue weighted by molar-refractivity contribution is 14.0. The van der Waals surface area contributed by atoms with Gasteiger partial charge in [0.2, 0.25) is 5.75 Å². The Hall–Kier alpha value is -1.42. The molecular formula is C15H24IN3O4. The number of morpholine rings is 1. The lowest BCUT2D eigenvalue weighted by atomic mass is 10.1. The molecule has 1 saturated heterocycles. The minimum absolute atomic E-state index is 0. The lowest BCUT2D eigenvalue weighted by Crippen LogP contribution is -2.44. The Kier molecular flexibility index (Phi) is 8.24. The normalized spacial score (nSPS) is 14.9. The summed E-state index contributed by atoms with van der Waals surface area (Å²) in [6, 6.07) is 3.73. The van der Waals surface area contributed by atoms with Crippen LogP contribution in [0.1, 0.15) is 5.56 Å². The standard InChI is InChI=1S/C15H23N3O4.HI/c1-19-12-5-4-11(13(20-2)14(12)21-3)10-17-15(16)18-6-8-22-9-7-18;/h4-5H,6-10H2,1-3H3,(H2,16,17);1H. The maximum atomic E-state index is 6.04. The highest BCUT2D eigenvalue weighted by Gasteiger charge is 2.16. The number of hydrogen-bond acceptors (Lipinski definition) is 5. The molecule has 0 atom stereocenters. The predicted molar refractivity (Wildman–Crippen MR) is 99.2 cm³/mol. The Labute approximate surface area is 153 Å². The topological polar surface area (TPSA) is 78.5 Å². The molecule has 2 N–H and O–H groups in total. The molecule has 1 aliphatic rings. The van der Waals surface area contributed by atoms with Crippen LogP contribution in [-0.4, -0.2) is 58.5 Å². The summed E-state index contributed by atoms with van der Waals surface area (Å²) in [4.78, 5) is 6.46. The Morgan fingerprint density at radius 2 is 1.78 bits per heavy atom. The average molecular weight is 437 g/mol. The van der Waals surface area contributed by atoms with Crippen molar-refractivity contribution in [1.82, 2.24) is 4.90 Å². The van der Waals surface area contributed by atoms with Crippen LogP contribution < -0.4 is 19.9 Å². The molecule has 130 valence electrons. The van der Waals surface area contributed by atoms with Crippen LogP contribution in [0.4, 0.5) is 0 Å². The monoisotopic (exact) mass is 437 g/mol. The van der Waals surface area contributed by atoms with Gasteiger partial charge in [-0.25, -0.2) is 4.99 Å². The largest absolute Gasteiger partial charge is 0.493 e. The molecule has 7 nitrogen and oxygen atoms in total. The van der Waals surface area contributed by atoms with E-state index < -0.39 is 0 Å². The van der Waals surface area contributed by atoms with Crippen molar-refractivity contribution in [1.29, 1.82) is 0 Å². The van der Waals surface area contributed by atoms with Crippen molar-refractivity contribution in [3.05, 3.63) is 17.7 Å². The minimum atomic E-state index is 0. The number of nitrogens with zero attached hydrogens (tertiary/aromatic N) is 2. The fourth-order valence-electron chi connectivity index (χ4n) is 2.35. The number of halogens is 1. The molecule has 0 radical (unpaired) electrons. The molecule has 1 aromatic carbocycles. The summed E-state index contributed by atoms with van der Waals surface area (Å²) in [5, 5.41) is 0. The van der Waals surface area contributed by atoms with Gasteiger partial charge >= 0.3 is 0 Å². The van der Waals surface area contributed by atoms with Crippen LogP contribution in [0.2, 0.25) is 0 Å². The zero-order chi connectivity index (χ0) is 15.9. The molecule has 1 heterocycles. The van der Waals surface area contributed by atoms with E-state index in [2.05, 4.69) is 4.99 Å². The molecule has 1 aliphatic heterocycles. The van der Waals surface area contributed by atoms with Crippen molar-refractivity contribution in [2.45, 2.75) is 6.54 Å². The third kappa shape index (κ3) is 4.77. The Balaban J connectivity index is 0.00000264. The molecule has 0 amide bonds. The van der Waals surface area contributed by atoms with Gasteiger partial charge in [-0.1, -0.05) is 0 Å². The smallest absolute Gasteiger partial charge is 0.203 e. The first-order valence-corrected chi connectivity index (χ1v) is 7.11. The molecule has 0 saturated carbocycles. The molecule has 0 spiro atoms. The number of nitrogens with two attached hydrogens (primary N) is 1. The SMILES string of the molecule is COc1ccc(CN=C(N)N2CCOCC2)c(OC)c1OC.I. The lowest BCUT2D eigenvalue weighted by Gasteiger charge is -2.27. The number of aliphatic imine (C=N–C) groups is 1. The number of hydrogen-bond donors (Lipinski definition) is 1. The van der Waals surface area contributed by atoms with E-state index in [9.17, 15) is 0 Å². The van der Waals surface area contributed by atoms with Gasteiger partial charge < -0.3 is 29.6 Å². The van der Waals surface area contributed by atoms with E-state index in [0.29, 0.717) is 43.0 Å². The number of rotatable bonds is 5. The molecule has 0 unspecified atom stereocenters. The molecule has 0 bridgehead atoms. The van der Waals surface area contributed by atoms with Crippen molar-refractivity contribution in [2.75, 3.05) is 47.6 Å². The van der Waals surface area contributed by atoms with Gasteiger partial charge in [0, 0.05) is 18.7 Å². The van der Waals surface area contributed by atoms with E-state index >= 15 is 0 Å². The van der Waals surface area contributed by atoms with Crippen LogP contribution in [0.5, 0.6) is 17.2 Å². The van der Waals surface area contributed by atoms with Crippen LogP contribution in [-0.2, 0) is 11.3 Å². The first kappa shape index (κ1) is 19.6. The van der Waals surface area contributed by atoms with Crippen LogP contribution in [0.15, 0.2) is 17.1 Å². The molecule has 8 heteroatoms. The number of guanidine groups is 1. The summed E-state index contributed by atoms with van der Waals surface area (Å²) in [7, 11) is 4.76. The second-order valence-electron chi connectivity index (χ2n) is 4.77. The van der Waals surface area contributed by atoms with E-state index in [0.717, 1.165) is 18.7 Å². The van der Waals surface area contributed by atoms with Gasteiger partial charge in [0.15, 0.2) is 17.5 Å². The Morgan fingerprint density at radius 1 is 1.13 bits per heavy atom. The summed E-state index contributed by atoms with van der Waals surface area (Å²) < 4.78 is 21.4. The fraction of sp³-hybridized carbons (Fsp3) is 0.533. The van der Waals surface area contributed by atoms with E-state index in [1.165, 1.54) is 0 Å². The second-order valence-corrected chi connectivity index (χ2v) is 4.77. The summed E-state index contributed by atoms with van der Waals surface area (Å²) in [5.74, 6) is 2.30. The summed E-state index contributed by atoms with van der Waals surface area (Å²) in [5.41, 5.74) is 6.92. The molecule has 23 heavy (non-hydrogen) atoms. The van der Waals surface area contributed by atoms with Crippen LogP contribution >= 0.6 is 24.0 Å². The number of ether oxygens (including phenoxy) is 4. The van der Waals surface area contributed by atoms with Crippen molar-refractivity contribution < 1.29 is 18.9 Å². The maximum absolute atomic E-state index is 6.04. The van der Waals surface area contributed by atoms with Crippen molar-refractivity contribution in [3.8, 4) is 17.2 Å². The highest BCUT2D eigenvalue weighted by Crippen LogP contribution is 2.39. The Bertz CT molecular complexity index is 534. The van der Waals surface area contributed by atoms with E-state index in [1.807, 2.05) is 17.0 Å². The third-order valence-corrected chi connectivity index (χ3v) is 3.53. The molecule has 0 aromatic heterocycles. The van der Waals surface area contributed by atoms with Crippen molar-refractivity contribution in [3.63, 3.8) is 0 Å². The quantitative estimate of drug-likeness (QED) is 0.427. The lowest BCUT2D eigenvalue weighted by molar-refractivity contribution is 0.0674. The van der Waals surface area contributed by atoms with Crippen LogP contribution in [0.3, 0.4) is 0 Å². The first-order valence-electron chi connectivity index (χ1n) is 7.11. The van der Waals surface area contributed by atoms with Gasteiger partial charge in [-0.3, -0.25) is 0 Å². The Morgan fingerprint density at radius 3 is 2.35 bits per heavy atom. The fourth-order valence-corrected chi connectivity index (χ4v) is 2.35. The summed E-state index contributed by atoms with van der Waals surface area (Å²) in [6.07, 6.45) is 0. The van der Waals surface area contributed by atoms with Gasteiger partial charge in [-0.2, -0.15) is 0 Å².